The highest BCUT2D eigenvalue weighted by atomic mass is 19.4. The van der Waals surface area contributed by atoms with Crippen molar-refractivity contribution >= 4 is 5.97 Å². The van der Waals surface area contributed by atoms with E-state index in [-0.39, 0.29) is 0 Å². The molecule has 2 N–H and O–H groups in total. The van der Waals surface area contributed by atoms with Crippen molar-refractivity contribution in [2.45, 2.75) is 11.8 Å². The fourth-order valence-corrected chi connectivity index (χ4v) is 1.45. The van der Waals surface area contributed by atoms with Gasteiger partial charge in [-0.15, -0.1) is 0 Å². The molecule has 0 heterocycles. The summed E-state index contributed by atoms with van der Waals surface area (Å²) in [4.78, 5) is 10.9. The highest BCUT2D eigenvalue weighted by Crippen LogP contribution is 2.42. The highest BCUT2D eigenvalue weighted by Gasteiger charge is 2.63. The summed E-state index contributed by atoms with van der Waals surface area (Å²) in [6.07, 6.45) is -5.15. The van der Waals surface area contributed by atoms with Crippen LogP contribution in [0, 0.1) is 0 Å². The van der Waals surface area contributed by atoms with Gasteiger partial charge < -0.3 is 14.9 Å². The molecule has 0 saturated carbocycles. The van der Waals surface area contributed by atoms with Crippen molar-refractivity contribution in [2.75, 3.05) is 7.11 Å². The second-order valence-corrected chi connectivity index (χ2v) is 3.24. The lowest BCUT2D eigenvalue weighted by molar-refractivity contribution is -0.273. The Morgan fingerprint density at radius 1 is 1.35 bits per heavy atom. The number of rotatable bonds is 3. The predicted molar refractivity (Wildman–Crippen MR) is 50.5 cm³/mol. The second-order valence-electron chi connectivity index (χ2n) is 3.24. The number of benzene rings is 1. The van der Waals surface area contributed by atoms with Crippen LogP contribution in [0.1, 0.15) is 5.56 Å². The van der Waals surface area contributed by atoms with Crippen molar-refractivity contribution in [3.63, 3.8) is 0 Å². The molecule has 0 aliphatic heterocycles. The fourth-order valence-electron chi connectivity index (χ4n) is 1.45. The maximum Gasteiger partial charge on any atom is 0.432 e. The Hall–Kier alpha value is -1.76. The Balaban J connectivity index is 3.49. The zero-order valence-electron chi connectivity index (χ0n) is 8.65. The molecule has 17 heavy (non-hydrogen) atoms. The summed E-state index contributed by atoms with van der Waals surface area (Å²) in [6, 6.07) is 3.85. The van der Waals surface area contributed by atoms with Gasteiger partial charge in [0, 0.05) is 12.7 Å². The minimum absolute atomic E-state index is 0.477. The molecular weight excluding hydrogens is 241 g/mol. The third kappa shape index (κ3) is 2.05. The molecule has 0 amide bonds. The first-order valence-electron chi connectivity index (χ1n) is 4.40. The minimum atomic E-state index is -5.15. The number of halogens is 3. The van der Waals surface area contributed by atoms with Crippen LogP contribution in [-0.2, 0) is 15.1 Å². The number of hydrogen-bond acceptors (Lipinski definition) is 3. The van der Waals surface area contributed by atoms with Crippen molar-refractivity contribution < 1.29 is 32.9 Å². The van der Waals surface area contributed by atoms with Gasteiger partial charge in [0.05, 0.1) is 0 Å². The number of ether oxygens (including phenoxy) is 1. The van der Waals surface area contributed by atoms with E-state index in [0.717, 1.165) is 18.2 Å². The molecule has 7 heteroatoms. The van der Waals surface area contributed by atoms with E-state index in [9.17, 15) is 18.0 Å². The topological polar surface area (TPSA) is 66.8 Å². The largest absolute Gasteiger partial charge is 0.508 e. The first-order valence-corrected chi connectivity index (χ1v) is 4.40. The number of phenolic OH excluding ortho intramolecular Hbond substituents is 1. The Morgan fingerprint density at radius 3 is 2.29 bits per heavy atom. The summed E-state index contributed by atoms with van der Waals surface area (Å²) in [5.74, 6) is -2.67. The highest BCUT2D eigenvalue weighted by molar-refractivity contribution is 5.80. The van der Waals surface area contributed by atoms with Crippen LogP contribution in [0.2, 0.25) is 0 Å². The van der Waals surface area contributed by atoms with E-state index in [2.05, 4.69) is 4.74 Å². The smallest absolute Gasteiger partial charge is 0.432 e. The average molecular weight is 250 g/mol. The number of carbonyl (C=O) groups is 1. The zero-order valence-corrected chi connectivity index (χ0v) is 8.65. The monoisotopic (exact) mass is 250 g/mol. The van der Waals surface area contributed by atoms with E-state index in [1.54, 1.807) is 0 Å². The number of phenols is 1. The number of alkyl halides is 3. The van der Waals surface area contributed by atoms with Crippen LogP contribution < -0.4 is 0 Å². The summed E-state index contributed by atoms with van der Waals surface area (Å²) in [5, 5.41) is 17.9. The van der Waals surface area contributed by atoms with Gasteiger partial charge in [0.25, 0.3) is 5.60 Å². The zero-order chi connectivity index (χ0) is 13.3. The van der Waals surface area contributed by atoms with Crippen LogP contribution in [0.15, 0.2) is 24.3 Å². The van der Waals surface area contributed by atoms with Crippen LogP contribution in [0.25, 0.3) is 0 Å². The first kappa shape index (κ1) is 13.3. The average Bonchev–Trinajstić information content (AvgIpc) is 2.16. The molecule has 1 aromatic rings. The number of aliphatic carboxylic acids is 1. The standard InChI is InChI=1S/C10H9F3O4/c1-17-9(8(15)16,10(11,12)13)6-3-2-4-7(14)5-6/h2-5,14H,1H3,(H,15,16). The molecule has 0 aliphatic rings. The van der Waals surface area contributed by atoms with E-state index in [4.69, 9.17) is 10.2 Å². The number of carboxylic acids is 1. The van der Waals surface area contributed by atoms with Crippen LogP contribution in [0.3, 0.4) is 0 Å². The quantitative estimate of drug-likeness (QED) is 0.859. The van der Waals surface area contributed by atoms with Crippen LogP contribution in [0.5, 0.6) is 5.75 Å². The summed E-state index contributed by atoms with van der Waals surface area (Å²) in [7, 11) is 0.645. The van der Waals surface area contributed by atoms with Crippen molar-refractivity contribution in [2.24, 2.45) is 0 Å². The third-order valence-corrected chi connectivity index (χ3v) is 2.26. The molecule has 0 spiro atoms. The maximum atomic E-state index is 12.9. The van der Waals surface area contributed by atoms with Gasteiger partial charge in [-0.25, -0.2) is 4.79 Å². The Bertz CT molecular complexity index is 430. The molecular formula is C10H9F3O4. The van der Waals surface area contributed by atoms with Crippen molar-refractivity contribution in [3.05, 3.63) is 29.8 Å². The lowest BCUT2D eigenvalue weighted by Crippen LogP contribution is -2.50. The summed E-state index contributed by atoms with van der Waals surface area (Å²) < 4.78 is 42.7. The van der Waals surface area contributed by atoms with Gasteiger partial charge in [-0.3, -0.25) is 0 Å². The van der Waals surface area contributed by atoms with Crippen molar-refractivity contribution in [1.82, 2.24) is 0 Å². The van der Waals surface area contributed by atoms with Gasteiger partial charge in [0.15, 0.2) is 0 Å². The third-order valence-electron chi connectivity index (χ3n) is 2.26. The molecule has 0 aromatic heterocycles. The molecule has 0 radical (unpaired) electrons. The normalized spacial score (nSPS) is 15.3. The fraction of sp³-hybridized carbons (Fsp3) is 0.300. The Morgan fingerprint density at radius 2 is 1.94 bits per heavy atom. The Kier molecular flexibility index (Phi) is 3.33. The number of hydrogen-bond donors (Lipinski definition) is 2. The van der Waals surface area contributed by atoms with Crippen LogP contribution in [0.4, 0.5) is 13.2 Å². The van der Waals surface area contributed by atoms with Crippen molar-refractivity contribution in [1.29, 1.82) is 0 Å². The Labute approximate surface area is 94.3 Å². The lowest BCUT2D eigenvalue weighted by atomic mass is 9.92. The number of carboxylic acid groups (broad SMARTS) is 1. The van der Waals surface area contributed by atoms with Crippen molar-refractivity contribution in [3.8, 4) is 5.75 Å². The van der Waals surface area contributed by atoms with Gasteiger partial charge >= 0.3 is 12.1 Å². The second kappa shape index (κ2) is 4.25. The van der Waals surface area contributed by atoms with E-state index >= 15 is 0 Å². The molecule has 1 unspecified atom stereocenters. The van der Waals surface area contributed by atoms with E-state index in [0.29, 0.717) is 13.2 Å². The summed E-state index contributed by atoms with van der Waals surface area (Å²) in [5.41, 5.74) is -4.17. The van der Waals surface area contributed by atoms with Gasteiger partial charge in [-0.1, -0.05) is 12.1 Å². The minimum Gasteiger partial charge on any atom is -0.508 e. The molecule has 0 bridgehead atoms. The van der Waals surface area contributed by atoms with E-state index in [1.807, 2.05) is 0 Å². The molecule has 1 aromatic carbocycles. The van der Waals surface area contributed by atoms with Gasteiger partial charge in [0.1, 0.15) is 5.75 Å². The van der Waals surface area contributed by atoms with E-state index in [1.165, 1.54) is 0 Å². The lowest BCUT2D eigenvalue weighted by Gasteiger charge is -2.30. The molecule has 0 fully saturated rings. The molecule has 94 valence electrons. The predicted octanol–water partition coefficient (Wildman–Crippen LogP) is 1.88. The van der Waals surface area contributed by atoms with Gasteiger partial charge in [-0.2, -0.15) is 13.2 Å². The maximum absolute atomic E-state index is 12.9. The van der Waals surface area contributed by atoms with Crippen LogP contribution in [-0.4, -0.2) is 29.5 Å². The van der Waals surface area contributed by atoms with Gasteiger partial charge in [-0.05, 0) is 12.1 Å². The van der Waals surface area contributed by atoms with E-state index < -0.39 is 29.1 Å². The number of methoxy groups -OCH3 is 1. The van der Waals surface area contributed by atoms with Crippen LogP contribution >= 0.6 is 0 Å². The number of aromatic hydroxyl groups is 1. The molecule has 0 aliphatic carbocycles. The SMILES string of the molecule is COC(C(=O)O)(c1cccc(O)c1)C(F)(F)F. The van der Waals surface area contributed by atoms with Gasteiger partial charge in [0.2, 0.25) is 0 Å². The molecule has 4 nitrogen and oxygen atoms in total. The first-order chi connectivity index (χ1) is 7.75. The summed E-state index contributed by atoms with van der Waals surface area (Å²) >= 11 is 0. The molecule has 0 saturated heterocycles. The summed E-state index contributed by atoms with van der Waals surface area (Å²) in [6.45, 7) is 0. The molecule has 1 rings (SSSR count). The molecule has 1 atom stereocenters.